The summed E-state index contributed by atoms with van der Waals surface area (Å²) in [5.41, 5.74) is 2.11. The van der Waals surface area contributed by atoms with E-state index in [1.54, 1.807) is 57.2 Å². The fraction of sp³-hybridized carbons (Fsp3) is 0.400. The number of hydrogen-bond donors (Lipinski definition) is 0. The number of Topliss-reactive ketones (excluding diaryl/α,β-unsaturated/α-hetero) is 3. The monoisotopic (exact) mass is 933 g/mol. The van der Waals surface area contributed by atoms with E-state index >= 15 is 0 Å². The van der Waals surface area contributed by atoms with Crippen LogP contribution in [0.2, 0.25) is 0 Å². The number of para-hydroxylation sites is 3. The first-order valence-corrected chi connectivity index (χ1v) is 18.9. The topological polar surface area (TPSA) is 149 Å². The Morgan fingerprint density at radius 2 is 0.603 bits per heavy atom. The van der Waals surface area contributed by atoms with E-state index in [0.717, 1.165) is 0 Å². The van der Waals surface area contributed by atoms with Crippen molar-refractivity contribution in [3.63, 3.8) is 0 Å². The van der Waals surface area contributed by atoms with Gasteiger partial charge in [-0.3, -0.25) is 28.8 Å². The van der Waals surface area contributed by atoms with Crippen LogP contribution < -0.4 is 15.0 Å². The number of rotatable bonds is 6. The van der Waals surface area contributed by atoms with Crippen molar-refractivity contribution >= 4 is 69.3 Å². The molecule has 58 heavy (non-hydrogen) atoms. The van der Waals surface area contributed by atoms with E-state index in [1.807, 2.05) is 117 Å². The molecule has 0 aliphatic carbocycles. The van der Waals surface area contributed by atoms with E-state index in [0.29, 0.717) is 34.2 Å². The van der Waals surface area contributed by atoms with Crippen LogP contribution in [0.25, 0.3) is 0 Å². The van der Waals surface area contributed by atoms with Crippen LogP contribution in [0.4, 0.5) is 17.1 Å². The smallest absolute Gasteiger partial charge is 0.298 e. The summed E-state index contributed by atoms with van der Waals surface area (Å²) < 4.78 is 0. The van der Waals surface area contributed by atoms with Crippen LogP contribution in [0, 0.1) is 72.6 Å². The number of nitrogens with zero attached hydrogens (tertiary/aromatic N) is 6. The molecule has 3 aromatic carbocycles. The van der Waals surface area contributed by atoms with Crippen LogP contribution >= 0.6 is 0 Å². The number of carbonyl (C=O) groups excluding carboxylic acids is 6. The molecule has 13 heteroatoms. The second-order valence-corrected chi connectivity index (χ2v) is 17.3. The zero-order chi connectivity index (χ0) is 42.6. The summed E-state index contributed by atoms with van der Waals surface area (Å²) in [6.45, 7) is 21.6. The quantitative estimate of drug-likeness (QED) is 0.230. The number of hydrazone groups is 3. The molecule has 12 nitrogen and oxygen atoms in total. The van der Waals surface area contributed by atoms with E-state index in [-0.39, 0.29) is 73.7 Å². The number of carbonyl (C=O) groups is 6. The Kier molecular flexibility index (Phi) is 15.6. The molecule has 0 saturated carbocycles. The third kappa shape index (κ3) is 10.9. The van der Waals surface area contributed by atoms with Gasteiger partial charge in [0.15, 0.2) is 17.3 Å². The van der Waals surface area contributed by atoms with Gasteiger partial charge in [0.25, 0.3) is 17.7 Å². The van der Waals surface area contributed by atoms with E-state index in [9.17, 15) is 28.8 Å². The Labute approximate surface area is 372 Å². The summed E-state index contributed by atoms with van der Waals surface area (Å²) in [6.07, 6.45) is 0. The van der Waals surface area contributed by atoms with Gasteiger partial charge in [0.2, 0.25) is 0 Å². The summed E-state index contributed by atoms with van der Waals surface area (Å²) in [5, 5.41) is 16.7. The molecule has 3 aliphatic rings. The van der Waals surface area contributed by atoms with E-state index < -0.39 is 34.0 Å². The van der Waals surface area contributed by atoms with Crippen molar-refractivity contribution in [2.24, 2.45) is 49.3 Å². The van der Waals surface area contributed by atoms with Crippen molar-refractivity contribution in [2.75, 3.05) is 15.0 Å². The van der Waals surface area contributed by atoms with Crippen molar-refractivity contribution in [2.45, 2.75) is 83.1 Å². The van der Waals surface area contributed by atoms with Gasteiger partial charge in [-0.05, 0) is 57.2 Å². The van der Waals surface area contributed by atoms with E-state index in [4.69, 9.17) is 0 Å². The van der Waals surface area contributed by atoms with Gasteiger partial charge in [-0.15, -0.1) is 0 Å². The minimum absolute atomic E-state index is 0. The molecule has 3 aromatic rings. The minimum Gasteiger partial charge on any atom is -0.298 e. The van der Waals surface area contributed by atoms with Gasteiger partial charge in [0.05, 0.1) is 34.2 Å². The molecule has 0 N–H and O–H groups in total. The summed E-state index contributed by atoms with van der Waals surface area (Å²) in [4.78, 5) is 74.2. The molecule has 0 fully saturated rings. The Morgan fingerprint density at radius 3 is 0.776 bits per heavy atom. The van der Waals surface area contributed by atoms with Gasteiger partial charge in [-0.1, -0.05) is 117 Å². The van der Waals surface area contributed by atoms with Crippen molar-refractivity contribution in [1.82, 2.24) is 0 Å². The maximum atomic E-state index is 12.4. The predicted molar refractivity (Wildman–Crippen MR) is 225 cm³/mol. The number of anilines is 3. The Hall–Kier alpha value is -4.62. The summed E-state index contributed by atoms with van der Waals surface area (Å²) in [5.74, 6) is -3.29. The minimum atomic E-state index is -0.750. The molecular formula is C45H54N6O6Tb+3. The van der Waals surface area contributed by atoms with E-state index in [2.05, 4.69) is 15.3 Å². The molecule has 3 heterocycles. The number of benzene rings is 3. The molecule has 3 aliphatic heterocycles. The molecule has 3 unspecified atom stereocenters. The molecule has 3 atom stereocenters. The van der Waals surface area contributed by atoms with Gasteiger partial charge in [0.1, 0.15) is 17.8 Å². The van der Waals surface area contributed by atoms with Gasteiger partial charge in [0, 0.05) is 16.2 Å². The van der Waals surface area contributed by atoms with Crippen LogP contribution in [0.1, 0.15) is 83.1 Å². The van der Waals surface area contributed by atoms with Crippen LogP contribution in [0.15, 0.2) is 106 Å². The summed E-state index contributed by atoms with van der Waals surface area (Å²) in [7, 11) is 0. The van der Waals surface area contributed by atoms with Crippen LogP contribution in [-0.4, -0.2) is 52.2 Å². The SMILES string of the molecule is CC1=NN(c2ccccc2)C(=O)C1C(=O)C(C)(C)C.CC1=NN(c2ccccc2)C(=O)C1C(=O)C(C)(C)C.CC1=NN(c2ccccc2)C(=O)C1C(=O)C(C)(C)C.[Tb+3]. The number of amides is 3. The first kappa shape index (κ1) is 47.7. The second kappa shape index (κ2) is 19.0. The fourth-order valence-corrected chi connectivity index (χ4v) is 6.16. The zero-order valence-electron chi connectivity index (χ0n) is 35.4. The third-order valence-electron chi connectivity index (χ3n) is 9.40. The molecule has 0 bridgehead atoms. The molecule has 306 valence electrons. The van der Waals surface area contributed by atoms with Gasteiger partial charge in [-0.2, -0.15) is 30.3 Å². The average molecular weight is 934 g/mol. The molecular weight excluding hydrogens is 879 g/mol. The van der Waals surface area contributed by atoms with Gasteiger partial charge < -0.3 is 0 Å². The predicted octanol–water partition coefficient (Wildman–Crippen LogP) is 7.92. The maximum absolute atomic E-state index is 12.4. The molecule has 6 rings (SSSR count). The first-order chi connectivity index (χ1) is 26.5. The number of hydrogen-bond acceptors (Lipinski definition) is 9. The average Bonchev–Trinajstić information content (AvgIpc) is 3.74. The molecule has 0 saturated heterocycles. The standard InChI is InChI=1S/3C15H18N2O2.Tb/c3*1-10-12(13(18)15(2,3)4)14(19)17(16-10)11-8-6-5-7-9-11;/h3*5-9,12H,1-4H3;/q;;;+3. The van der Waals surface area contributed by atoms with Crippen LogP contribution in [-0.2, 0) is 28.8 Å². The summed E-state index contributed by atoms with van der Waals surface area (Å²) in [6, 6.07) is 27.5. The van der Waals surface area contributed by atoms with Crippen LogP contribution in [0.5, 0.6) is 0 Å². The largest absolute Gasteiger partial charge is 3.00 e. The van der Waals surface area contributed by atoms with Crippen molar-refractivity contribution < 1.29 is 67.4 Å². The molecule has 0 spiro atoms. The Morgan fingerprint density at radius 1 is 0.414 bits per heavy atom. The Balaban J connectivity index is 0.000000231. The van der Waals surface area contributed by atoms with E-state index in [1.165, 1.54) is 15.0 Å². The van der Waals surface area contributed by atoms with Crippen LogP contribution in [0.3, 0.4) is 0 Å². The Bertz CT molecular complexity index is 1870. The normalized spacial score (nSPS) is 19.2. The van der Waals surface area contributed by atoms with Crippen molar-refractivity contribution in [3.8, 4) is 0 Å². The molecule has 3 amide bonds. The van der Waals surface area contributed by atoms with Gasteiger partial charge in [-0.25, -0.2) is 0 Å². The fourth-order valence-electron chi connectivity index (χ4n) is 6.16. The molecule has 0 radical (unpaired) electrons. The van der Waals surface area contributed by atoms with Crippen molar-refractivity contribution in [3.05, 3.63) is 91.0 Å². The van der Waals surface area contributed by atoms with Crippen molar-refractivity contribution in [1.29, 1.82) is 0 Å². The number of ketones is 3. The zero-order valence-corrected chi connectivity index (χ0v) is 37.5. The maximum Gasteiger partial charge on any atom is 3.00 e. The van der Waals surface area contributed by atoms with Gasteiger partial charge >= 0.3 is 38.6 Å². The first-order valence-electron chi connectivity index (χ1n) is 18.9. The molecule has 0 aromatic heterocycles. The second-order valence-electron chi connectivity index (χ2n) is 17.3. The third-order valence-corrected chi connectivity index (χ3v) is 9.40. The summed E-state index contributed by atoms with van der Waals surface area (Å²) >= 11 is 0.